The Morgan fingerprint density at radius 3 is 2.51 bits per heavy atom. The molecule has 3 rings (SSSR count). The smallest absolute Gasteiger partial charge is 0.332 e. The lowest BCUT2D eigenvalue weighted by atomic mass is 10.1. The number of carbonyl (C=O) groups is 1. The van der Waals surface area contributed by atoms with Crippen LogP contribution in [0.1, 0.15) is 20.3 Å². The maximum absolute atomic E-state index is 13.3. The molecule has 2 amide bonds. The summed E-state index contributed by atoms with van der Waals surface area (Å²) >= 11 is 6.39. The topological polar surface area (TPSA) is 174 Å². The molecule has 0 saturated carbocycles. The Balaban J connectivity index is 1.52. The Kier molecular flexibility index (Phi) is 8.33. The number of nitrogens with two attached hydrogens (primary N) is 2. The second-order valence-electron chi connectivity index (χ2n) is 8.27. The molecule has 1 aliphatic heterocycles. The Labute approximate surface area is 218 Å². The van der Waals surface area contributed by atoms with Crippen LogP contribution in [0.25, 0.3) is 0 Å². The van der Waals surface area contributed by atoms with Crippen LogP contribution in [0.4, 0.5) is 20.1 Å². The van der Waals surface area contributed by atoms with Gasteiger partial charge in [-0.1, -0.05) is 11.6 Å². The van der Waals surface area contributed by atoms with Gasteiger partial charge >= 0.3 is 16.3 Å². The van der Waals surface area contributed by atoms with E-state index >= 15 is 0 Å². The molecule has 12 nitrogen and oxygen atoms in total. The summed E-state index contributed by atoms with van der Waals surface area (Å²) in [7, 11) is -3.61. The van der Waals surface area contributed by atoms with Crippen LogP contribution in [-0.4, -0.2) is 52.3 Å². The molecule has 1 heterocycles. The van der Waals surface area contributed by atoms with Crippen molar-refractivity contribution < 1.29 is 26.6 Å². The van der Waals surface area contributed by atoms with E-state index in [0.29, 0.717) is 22.9 Å². The molecular weight excluding hydrogens is 529 g/mol. The van der Waals surface area contributed by atoms with Crippen molar-refractivity contribution >= 4 is 51.1 Å². The normalized spacial score (nSPS) is 14.9. The van der Waals surface area contributed by atoms with Gasteiger partial charge in [0.05, 0.1) is 24.4 Å². The van der Waals surface area contributed by atoms with Crippen molar-refractivity contribution in [1.82, 2.24) is 5.32 Å². The third-order valence-corrected chi connectivity index (χ3v) is 6.24. The zero-order valence-electron chi connectivity index (χ0n) is 20.3. The van der Waals surface area contributed by atoms with Crippen molar-refractivity contribution in [2.45, 2.75) is 30.8 Å². The Hall–Kier alpha value is -3.78. The lowest BCUT2D eigenvalue weighted by molar-refractivity contribution is 0.250. The fourth-order valence-electron chi connectivity index (χ4n) is 3.56. The van der Waals surface area contributed by atoms with Gasteiger partial charge in [0, 0.05) is 12.2 Å². The molecule has 0 atom stereocenters. The van der Waals surface area contributed by atoms with Gasteiger partial charge in [0.25, 0.3) is 0 Å². The summed E-state index contributed by atoms with van der Waals surface area (Å²) < 4.78 is 46.3. The second-order valence-corrected chi connectivity index (χ2v) is 10.0. The molecule has 0 spiro atoms. The molecule has 2 aromatic rings. The SMILES string of the molecule is COc1ccc(S(=O)(=O)F)cc1NC(=O)NCCCOc1ccc(N2C(N)=NC(N)=NC2(C)C)cc1Cl. The summed E-state index contributed by atoms with van der Waals surface area (Å²) in [6.45, 7) is 4.12. The summed E-state index contributed by atoms with van der Waals surface area (Å²) in [5, 5.41) is 5.36. The highest BCUT2D eigenvalue weighted by Crippen LogP contribution is 2.34. The highest BCUT2D eigenvalue weighted by molar-refractivity contribution is 7.86. The van der Waals surface area contributed by atoms with E-state index in [1.54, 1.807) is 23.1 Å². The molecule has 6 N–H and O–H groups in total. The highest BCUT2D eigenvalue weighted by Gasteiger charge is 2.33. The molecule has 0 saturated heterocycles. The summed E-state index contributed by atoms with van der Waals surface area (Å²) in [4.78, 5) is 21.6. The summed E-state index contributed by atoms with van der Waals surface area (Å²) in [6.07, 6.45) is 0.425. The number of amides is 2. The lowest BCUT2D eigenvalue weighted by Gasteiger charge is -2.38. The predicted octanol–water partition coefficient (Wildman–Crippen LogP) is 2.78. The van der Waals surface area contributed by atoms with Crippen LogP contribution in [0.5, 0.6) is 11.5 Å². The predicted molar refractivity (Wildman–Crippen MR) is 140 cm³/mol. The zero-order valence-corrected chi connectivity index (χ0v) is 21.9. The molecule has 0 aromatic heterocycles. The van der Waals surface area contributed by atoms with E-state index in [1.165, 1.54) is 13.2 Å². The monoisotopic (exact) mass is 555 g/mol. The fourth-order valence-corrected chi connectivity index (χ4v) is 4.27. The van der Waals surface area contributed by atoms with E-state index in [4.69, 9.17) is 32.5 Å². The van der Waals surface area contributed by atoms with Gasteiger partial charge in [-0.15, -0.1) is 3.89 Å². The molecule has 0 aliphatic carbocycles. The van der Waals surface area contributed by atoms with Crippen molar-refractivity contribution in [3.05, 3.63) is 41.4 Å². The lowest BCUT2D eigenvalue weighted by Crippen LogP contribution is -2.54. The van der Waals surface area contributed by atoms with Crippen molar-refractivity contribution in [3.8, 4) is 11.5 Å². The number of halogens is 2. The molecule has 1 aliphatic rings. The largest absolute Gasteiger partial charge is 0.495 e. The molecule has 0 fully saturated rings. The van der Waals surface area contributed by atoms with Crippen molar-refractivity contribution in [2.75, 3.05) is 30.5 Å². The minimum Gasteiger partial charge on any atom is -0.495 e. The quantitative estimate of drug-likeness (QED) is 0.270. The van der Waals surface area contributed by atoms with Crippen LogP contribution in [0, 0.1) is 0 Å². The highest BCUT2D eigenvalue weighted by atomic mass is 35.5. The number of rotatable bonds is 9. The summed E-state index contributed by atoms with van der Waals surface area (Å²) in [6, 6.07) is 7.71. The van der Waals surface area contributed by atoms with Crippen LogP contribution in [0.3, 0.4) is 0 Å². The molecular formula is C22H27ClFN7O5S. The fraction of sp³-hybridized carbons (Fsp3) is 0.318. The Morgan fingerprint density at radius 2 is 1.89 bits per heavy atom. The number of carbonyl (C=O) groups excluding carboxylic acids is 1. The third kappa shape index (κ3) is 6.92. The van der Waals surface area contributed by atoms with Crippen molar-refractivity contribution in [2.24, 2.45) is 21.5 Å². The Bertz CT molecular complexity index is 1350. The number of guanidine groups is 2. The minimum absolute atomic E-state index is 0.00205. The number of nitrogens with zero attached hydrogens (tertiary/aromatic N) is 3. The Morgan fingerprint density at radius 1 is 1.19 bits per heavy atom. The average Bonchev–Trinajstić information content (AvgIpc) is 2.78. The second kappa shape index (κ2) is 11.1. The van der Waals surface area contributed by atoms with Crippen LogP contribution in [0.2, 0.25) is 5.02 Å². The van der Waals surface area contributed by atoms with Crippen molar-refractivity contribution in [3.63, 3.8) is 0 Å². The van der Waals surface area contributed by atoms with Crippen LogP contribution < -0.4 is 36.5 Å². The number of urea groups is 1. The van der Waals surface area contributed by atoms with Crippen LogP contribution in [0.15, 0.2) is 51.3 Å². The first-order chi connectivity index (χ1) is 17.3. The van der Waals surface area contributed by atoms with Gasteiger partial charge in [0.1, 0.15) is 22.1 Å². The first-order valence-corrected chi connectivity index (χ1v) is 12.7. The maximum atomic E-state index is 13.3. The molecule has 15 heteroatoms. The van der Waals surface area contributed by atoms with Gasteiger partial charge in [-0.3, -0.25) is 4.90 Å². The van der Waals surface area contributed by atoms with E-state index in [1.807, 2.05) is 13.8 Å². The zero-order chi connectivity index (χ0) is 27.4. The van der Waals surface area contributed by atoms with Gasteiger partial charge in [0.15, 0.2) is 0 Å². The first kappa shape index (κ1) is 27.8. The number of anilines is 2. The van der Waals surface area contributed by atoms with Gasteiger partial charge in [0.2, 0.25) is 11.9 Å². The van der Waals surface area contributed by atoms with Crippen molar-refractivity contribution in [1.29, 1.82) is 0 Å². The maximum Gasteiger partial charge on any atom is 0.332 e. The van der Waals surface area contributed by atoms with E-state index in [2.05, 4.69) is 20.6 Å². The van der Waals surface area contributed by atoms with Gasteiger partial charge in [-0.2, -0.15) is 13.4 Å². The number of ether oxygens (including phenoxy) is 2. The van der Waals surface area contributed by atoms with Gasteiger partial charge in [-0.05, 0) is 56.7 Å². The molecule has 2 aromatic carbocycles. The number of hydrogen-bond acceptors (Lipinski definition) is 10. The number of methoxy groups -OCH3 is 1. The molecule has 0 unspecified atom stereocenters. The first-order valence-electron chi connectivity index (χ1n) is 10.9. The summed E-state index contributed by atoms with van der Waals surface area (Å²) in [5.74, 6) is 0.868. The minimum atomic E-state index is -4.94. The number of aliphatic imine (C=N–C) groups is 2. The number of nitrogens with one attached hydrogen (secondary N) is 2. The number of hydrogen-bond donors (Lipinski definition) is 4. The van der Waals surface area contributed by atoms with Gasteiger partial charge in [-0.25, -0.2) is 9.79 Å². The average molecular weight is 556 g/mol. The third-order valence-electron chi connectivity index (χ3n) is 5.13. The van der Waals surface area contributed by atoms with E-state index < -0.39 is 26.8 Å². The van der Waals surface area contributed by atoms with Crippen LogP contribution in [-0.2, 0) is 10.2 Å². The van der Waals surface area contributed by atoms with Gasteiger partial charge < -0.3 is 31.6 Å². The molecule has 0 radical (unpaired) electrons. The van der Waals surface area contributed by atoms with E-state index in [0.717, 1.165) is 12.1 Å². The molecule has 200 valence electrons. The van der Waals surface area contributed by atoms with E-state index in [9.17, 15) is 17.1 Å². The standard InChI is InChI=1S/C22H27ClFN7O5S/c1-22(2)30-19(25)29-20(26)31(22)13-5-7-17(15(23)11-13)36-10-4-9-27-21(32)28-16-12-14(37(24,33)34)6-8-18(16)35-3/h5-8,11-12H,4,9-10H2,1-3H3,(H2,27,28,32)(H4,25,26,29,30). The summed E-state index contributed by atoms with van der Waals surface area (Å²) in [5.41, 5.74) is 11.6. The molecule has 37 heavy (non-hydrogen) atoms. The molecule has 0 bridgehead atoms. The van der Waals surface area contributed by atoms with E-state index in [-0.39, 0.29) is 36.5 Å². The van der Waals surface area contributed by atoms with Crippen LogP contribution >= 0.6 is 11.6 Å². The number of benzene rings is 2.